The minimum Gasteiger partial charge on any atom is -0.466 e. The summed E-state index contributed by atoms with van der Waals surface area (Å²) < 4.78 is 5.06. The second-order valence-corrected chi connectivity index (χ2v) is 6.80. The van der Waals surface area contributed by atoms with Crippen LogP contribution in [0.2, 0.25) is 0 Å². The van der Waals surface area contributed by atoms with Gasteiger partial charge >= 0.3 is 12.0 Å². The van der Waals surface area contributed by atoms with E-state index in [1.165, 1.54) is 0 Å². The van der Waals surface area contributed by atoms with Gasteiger partial charge < -0.3 is 20.3 Å². The number of rotatable bonds is 5. The van der Waals surface area contributed by atoms with E-state index in [4.69, 9.17) is 4.74 Å². The zero-order valence-electron chi connectivity index (χ0n) is 15.0. The number of carbonyl (C=O) groups excluding carboxylic acids is 3. The first-order valence-corrected chi connectivity index (χ1v) is 9.20. The fourth-order valence-corrected chi connectivity index (χ4v) is 3.05. The minimum absolute atomic E-state index is 0.121. The van der Waals surface area contributed by atoms with E-state index in [0.29, 0.717) is 30.9 Å². The summed E-state index contributed by atoms with van der Waals surface area (Å²) in [5.41, 5.74) is 1.09. The third-order valence-corrected chi connectivity index (χ3v) is 4.62. The summed E-state index contributed by atoms with van der Waals surface area (Å²) in [6.07, 6.45) is 3.55. The molecule has 0 unspecified atom stereocenters. The average molecular weight is 359 g/mol. The van der Waals surface area contributed by atoms with Gasteiger partial charge in [-0.1, -0.05) is 6.07 Å². The maximum atomic E-state index is 12.5. The van der Waals surface area contributed by atoms with Crippen LogP contribution in [-0.2, 0) is 9.53 Å². The number of hydrogen-bond acceptors (Lipinski definition) is 4. The van der Waals surface area contributed by atoms with Crippen LogP contribution in [0.5, 0.6) is 0 Å². The van der Waals surface area contributed by atoms with Gasteiger partial charge in [0, 0.05) is 30.4 Å². The minimum atomic E-state index is -0.273. The summed E-state index contributed by atoms with van der Waals surface area (Å²) >= 11 is 0. The molecule has 1 aliphatic carbocycles. The smallest absolute Gasteiger partial charge is 0.321 e. The summed E-state index contributed by atoms with van der Waals surface area (Å²) in [5.74, 6) is -0.641. The lowest BCUT2D eigenvalue weighted by Gasteiger charge is -2.31. The molecule has 1 aromatic rings. The van der Waals surface area contributed by atoms with Crippen LogP contribution in [0, 0.1) is 5.92 Å². The van der Waals surface area contributed by atoms with Gasteiger partial charge in [0.2, 0.25) is 0 Å². The Balaban J connectivity index is 1.58. The number of likely N-dealkylation sites (tertiary alicyclic amines) is 1. The SMILES string of the molecule is CCOC(=O)[C@H]1CCCN(C(=O)Nc2cccc(C(=O)NC3CC3)c2)C1. The van der Waals surface area contributed by atoms with Gasteiger partial charge in [-0.2, -0.15) is 0 Å². The zero-order valence-corrected chi connectivity index (χ0v) is 15.0. The van der Waals surface area contributed by atoms with Crippen LogP contribution in [0.4, 0.5) is 10.5 Å². The molecule has 2 N–H and O–H groups in total. The molecule has 0 spiro atoms. The first-order valence-electron chi connectivity index (χ1n) is 9.20. The Morgan fingerprint density at radius 3 is 2.77 bits per heavy atom. The van der Waals surface area contributed by atoms with Gasteiger partial charge in [0.15, 0.2) is 0 Å². The molecule has 1 aliphatic heterocycles. The first-order chi connectivity index (χ1) is 12.6. The van der Waals surface area contributed by atoms with Crippen molar-refractivity contribution in [1.82, 2.24) is 10.2 Å². The molecule has 0 aromatic heterocycles. The molecule has 7 heteroatoms. The number of piperidine rings is 1. The number of anilines is 1. The van der Waals surface area contributed by atoms with Crippen LogP contribution < -0.4 is 10.6 Å². The third kappa shape index (κ3) is 4.74. The second kappa shape index (κ2) is 8.21. The van der Waals surface area contributed by atoms with Gasteiger partial charge in [-0.25, -0.2) is 4.79 Å². The number of nitrogens with zero attached hydrogens (tertiary/aromatic N) is 1. The molecule has 1 saturated carbocycles. The number of nitrogens with one attached hydrogen (secondary N) is 2. The number of carbonyl (C=O) groups is 3. The van der Waals surface area contributed by atoms with Gasteiger partial charge in [0.1, 0.15) is 0 Å². The number of amides is 3. The summed E-state index contributed by atoms with van der Waals surface area (Å²) in [5, 5.41) is 5.75. The predicted molar refractivity (Wildman–Crippen MR) is 96.9 cm³/mol. The van der Waals surface area contributed by atoms with Crippen molar-refractivity contribution >= 4 is 23.6 Å². The van der Waals surface area contributed by atoms with Gasteiger partial charge in [-0.3, -0.25) is 9.59 Å². The van der Waals surface area contributed by atoms with Crippen molar-refractivity contribution in [2.75, 3.05) is 25.0 Å². The molecule has 2 aliphatic rings. The Morgan fingerprint density at radius 1 is 1.23 bits per heavy atom. The highest BCUT2D eigenvalue weighted by atomic mass is 16.5. The van der Waals surface area contributed by atoms with E-state index in [0.717, 1.165) is 25.7 Å². The topological polar surface area (TPSA) is 87.7 Å². The summed E-state index contributed by atoms with van der Waals surface area (Å²) in [7, 11) is 0. The lowest BCUT2D eigenvalue weighted by molar-refractivity contribution is -0.149. The standard InChI is InChI=1S/C19H25N3O4/c1-2-26-18(24)14-6-4-10-22(12-14)19(25)21-16-7-3-5-13(11-16)17(23)20-15-8-9-15/h3,5,7,11,14-15H,2,4,6,8-10,12H2,1H3,(H,20,23)(H,21,25)/t14-/m0/s1. The van der Waals surface area contributed by atoms with Crippen LogP contribution >= 0.6 is 0 Å². The Morgan fingerprint density at radius 2 is 2.04 bits per heavy atom. The maximum absolute atomic E-state index is 12.5. The molecular weight excluding hydrogens is 334 g/mol. The van der Waals surface area contributed by atoms with E-state index < -0.39 is 0 Å². The van der Waals surface area contributed by atoms with Crippen LogP contribution in [0.15, 0.2) is 24.3 Å². The van der Waals surface area contributed by atoms with Crippen molar-refractivity contribution in [2.45, 2.75) is 38.6 Å². The molecule has 3 rings (SSSR count). The quantitative estimate of drug-likeness (QED) is 0.790. The fraction of sp³-hybridized carbons (Fsp3) is 0.526. The van der Waals surface area contributed by atoms with Crippen molar-refractivity contribution in [2.24, 2.45) is 5.92 Å². The molecule has 2 fully saturated rings. The molecule has 1 heterocycles. The van der Waals surface area contributed by atoms with E-state index >= 15 is 0 Å². The molecule has 0 radical (unpaired) electrons. The Hall–Kier alpha value is -2.57. The van der Waals surface area contributed by atoms with E-state index in [1.807, 2.05) is 0 Å². The molecule has 7 nitrogen and oxygen atoms in total. The van der Waals surface area contributed by atoms with Crippen LogP contribution in [0.1, 0.15) is 43.0 Å². The monoisotopic (exact) mass is 359 g/mol. The maximum Gasteiger partial charge on any atom is 0.321 e. The highest BCUT2D eigenvalue weighted by molar-refractivity contribution is 5.97. The van der Waals surface area contributed by atoms with E-state index in [2.05, 4.69) is 10.6 Å². The fourth-order valence-electron chi connectivity index (χ4n) is 3.05. The van der Waals surface area contributed by atoms with Gasteiger partial charge in [0.25, 0.3) is 5.91 Å². The highest BCUT2D eigenvalue weighted by Gasteiger charge is 2.29. The lowest BCUT2D eigenvalue weighted by Crippen LogP contribution is -2.44. The van der Waals surface area contributed by atoms with Crippen LogP contribution in [0.25, 0.3) is 0 Å². The molecule has 1 atom stereocenters. The Labute approximate surface area is 153 Å². The molecule has 1 saturated heterocycles. The molecule has 0 bridgehead atoms. The molecule has 3 amide bonds. The number of esters is 1. The summed E-state index contributed by atoms with van der Waals surface area (Å²) in [4.78, 5) is 38.2. The van der Waals surface area contributed by atoms with Crippen molar-refractivity contribution in [1.29, 1.82) is 0 Å². The van der Waals surface area contributed by atoms with Crippen molar-refractivity contribution < 1.29 is 19.1 Å². The largest absolute Gasteiger partial charge is 0.466 e. The van der Waals surface area contributed by atoms with E-state index in [-0.39, 0.29) is 29.9 Å². The Bertz CT molecular complexity index is 687. The highest BCUT2D eigenvalue weighted by Crippen LogP contribution is 2.21. The van der Waals surface area contributed by atoms with Crippen LogP contribution in [-0.4, -0.2) is 48.5 Å². The third-order valence-electron chi connectivity index (χ3n) is 4.62. The molecular formula is C19H25N3O4. The van der Waals surface area contributed by atoms with Crippen molar-refractivity contribution in [3.05, 3.63) is 29.8 Å². The normalized spacial score (nSPS) is 19.6. The summed E-state index contributed by atoms with van der Waals surface area (Å²) in [6, 6.07) is 6.91. The predicted octanol–water partition coefficient (Wildman–Crippen LogP) is 2.39. The Kier molecular flexibility index (Phi) is 5.75. The average Bonchev–Trinajstić information content (AvgIpc) is 3.46. The number of hydrogen-bond donors (Lipinski definition) is 2. The van der Waals surface area contributed by atoms with Gasteiger partial charge in [-0.05, 0) is 50.8 Å². The summed E-state index contributed by atoms with van der Waals surface area (Å²) in [6.45, 7) is 3.07. The van der Waals surface area contributed by atoms with Crippen LogP contribution in [0.3, 0.4) is 0 Å². The molecule has 26 heavy (non-hydrogen) atoms. The molecule has 140 valence electrons. The number of urea groups is 1. The second-order valence-electron chi connectivity index (χ2n) is 6.80. The number of benzene rings is 1. The lowest BCUT2D eigenvalue weighted by atomic mass is 9.98. The zero-order chi connectivity index (χ0) is 18.5. The number of ether oxygens (including phenoxy) is 1. The molecule has 1 aromatic carbocycles. The van der Waals surface area contributed by atoms with Gasteiger partial charge in [-0.15, -0.1) is 0 Å². The van der Waals surface area contributed by atoms with E-state index in [1.54, 1.807) is 36.1 Å². The van der Waals surface area contributed by atoms with Crippen molar-refractivity contribution in [3.63, 3.8) is 0 Å². The van der Waals surface area contributed by atoms with Crippen molar-refractivity contribution in [3.8, 4) is 0 Å². The first kappa shape index (κ1) is 18.2. The van der Waals surface area contributed by atoms with Gasteiger partial charge in [0.05, 0.1) is 12.5 Å². The van der Waals surface area contributed by atoms with E-state index in [9.17, 15) is 14.4 Å².